The molecular weight excluding hydrogens is 309 g/mol. The van der Waals surface area contributed by atoms with E-state index in [2.05, 4.69) is 25.8 Å². The molecule has 0 bridgehead atoms. The van der Waals surface area contributed by atoms with Gasteiger partial charge in [-0.1, -0.05) is 18.2 Å². The van der Waals surface area contributed by atoms with Crippen molar-refractivity contribution in [3.63, 3.8) is 0 Å². The van der Waals surface area contributed by atoms with Crippen molar-refractivity contribution in [1.29, 1.82) is 0 Å². The van der Waals surface area contributed by atoms with Gasteiger partial charge in [-0.25, -0.2) is 4.39 Å². The van der Waals surface area contributed by atoms with Crippen LogP contribution in [0.1, 0.15) is 17.3 Å². The van der Waals surface area contributed by atoms with Crippen LogP contribution in [0.15, 0.2) is 54.7 Å². The Bertz CT molecular complexity index is 884. The van der Waals surface area contributed by atoms with Gasteiger partial charge in [0, 0.05) is 16.9 Å². The number of nitrogens with zero attached hydrogens (tertiary/aromatic N) is 3. The largest absolute Gasteiger partial charge is 0.339 e. The Kier molecular flexibility index (Phi) is 4.42. The average Bonchev–Trinajstić information content (AvgIpc) is 2.55. The first-order valence-electron chi connectivity index (χ1n) is 7.20. The molecular formula is C17H14FN5O. The minimum Gasteiger partial charge on any atom is -0.339 e. The summed E-state index contributed by atoms with van der Waals surface area (Å²) >= 11 is 0. The van der Waals surface area contributed by atoms with Gasteiger partial charge in [-0.15, -0.1) is 5.10 Å². The van der Waals surface area contributed by atoms with Crippen molar-refractivity contribution in [2.75, 3.05) is 10.6 Å². The van der Waals surface area contributed by atoms with E-state index < -0.39 is 0 Å². The Morgan fingerprint density at radius 3 is 2.54 bits per heavy atom. The maximum Gasteiger partial charge on any atom is 0.249 e. The predicted molar refractivity (Wildman–Crippen MR) is 89.2 cm³/mol. The summed E-state index contributed by atoms with van der Waals surface area (Å²) in [6.07, 6.45) is 1.46. The van der Waals surface area contributed by atoms with E-state index in [4.69, 9.17) is 0 Å². The van der Waals surface area contributed by atoms with Crippen LogP contribution in [0.2, 0.25) is 0 Å². The molecule has 24 heavy (non-hydrogen) atoms. The number of benzene rings is 2. The molecule has 0 aliphatic carbocycles. The molecule has 0 aliphatic rings. The Morgan fingerprint density at radius 1 is 1.04 bits per heavy atom. The lowest BCUT2D eigenvalue weighted by Crippen LogP contribution is -2.03. The van der Waals surface area contributed by atoms with Crippen LogP contribution in [0.3, 0.4) is 0 Å². The van der Waals surface area contributed by atoms with E-state index in [1.54, 1.807) is 30.3 Å². The molecule has 0 saturated carbocycles. The number of anilines is 4. The highest BCUT2D eigenvalue weighted by molar-refractivity contribution is 5.95. The van der Waals surface area contributed by atoms with Crippen LogP contribution in [-0.4, -0.2) is 21.0 Å². The van der Waals surface area contributed by atoms with E-state index in [0.717, 1.165) is 0 Å². The van der Waals surface area contributed by atoms with Crippen LogP contribution in [-0.2, 0) is 0 Å². The molecule has 1 aromatic heterocycles. The summed E-state index contributed by atoms with van der Waals surface area (Å²) in [4.78, 5) is 15.7. The number of carbonyl (C=O) groups excluding carboxylic acids is 1. The fraction of sp³-hybridized carbons (Fsp3) is 0.0588. The summed E-state index contributed by atoms with van der Waals surface area (Å²) in [5.41, 5.74) is 1.83. The number of nitrogens with one attached hydrogen (secondary N) is 2. The van der Waals surface area contributed by atoms with Crippen molar-refractivity contribution in [2.24, 2.45) is 0 Å². The molecule has 3 aromatic rings. The normalized spacial score (nSPS) is 10.2. The molecule has 0 spiro atoms. The standard InChI is InChI=1S/C17H14FN5O/c1-11(24)12-4-2-6-14(8-12)20-16-10-19-23-17(22-16)21-15-7-3-5-13(18)9-15/h2-10H,1H3,(H2,20,21,22,23). The number of carbonyl (C=O) groups is 1. The van der Waals surface area contributed by atoms with Crippen LogP contribution >= 0.6 is 0 Å². The maximum atomic E-state index is 13.2. The highest BCUT2D eigenvalue weighted by atomic mass is 19.1. The lowest BCUT2D eigenvalue weighted by atomic mass is 10.1. The molecule has 2 aromatic carbocycles. The number of hydrogen-bond donors (Lipinski definition) is 2. The monoisotopic (exact) mass is 323 g/mol. The van der Waals surface area contributed by atoms with Gasteiger partial charge in [-0.2, -0.15) is 10.1 Å². The Morgan fingerprint density at radius 2 is 1.79 bits per heavy atom. The Hall–Kier alpha value is -3.35. The van der Waals surface area contributed by atoms with Gasteiger partial charge in [0.2, 0.25) is 5.95 Å². The predicted octanol–water partition coefficient (Wildman–Crippen LogP) is 3.70. The Balaban J connectivity index is 1.78. The summed E-state index contributed by atoms with van der Waals surface area (Å²) in [5, 5.41) is 13.7. The van der Waals surface area contributed by atoms with E-state index in [9.17, 15) is 9.18 Å². The molecule has 120 valence electrons. The van der Waals surface area contributed by atoms with Crippen LogP contribution in [0, 0.1) is 5.82 Å². The van der Waals surface area contributed by atoms with E-state index in [1.165, 1.54) is 25.3 Å². The Labute approximate surface area is 137 Å². The topological polar surface area (TPSA) is 79.8 Å². The molecule has 0 fully saturated rings. The molecule has 2 N–H and O–H groups in total. The average molecular weight is 323 g/mol. The third-order valence-electron chi connectivity index (χ3n) is 3.18. The first kappa shape index (κ1) is 15.5. The third kappa shape index (κ3) is 3.89. The van der Waals surface area contributed by atoms with Gasteiger partial charge in [0.15, 0.2) is 11.6 Å². The first-order valence-corrected chi connectivity index (χ1v) is 7.20. The van der Waals surface area contributed by atoms with Crippen LogP contribution < -0.4 is 10.6 Å². The lowest BCUT2D eigenvalue weighted by Gasteiger charge is -2.08. The second kappa shape index (κ2) is 6.82. The third-order valence-corrected chi connectivity index (χ3v) is 3.18. The molecule has 1 heterocycles. The number of halogens is 1. The SMILES string of the molecule is CC(=O)c1cccc(Nc2cnnc(Nc3cccc(F)c3)n2)c1. The zero-order valence-electron chi connectivity index (χ0n) is 12.8. The zero-order chi connectivity index (χ0) is 16.9. The number of rotatable bonds is 5. The molecule has 0 aliphatic heterocycles. The molecule has 7 heteroatoms. The van der Waals surface area contributed by atoms with Gasteiger partial charge in [0.25, 0.3) is 0 Å². The van der Waals surface area contributed by atoms with E-state index >= 15 is 0 Å². The minimum atomic E-state index is -0.358. The number of aromatic nitrogens is 3. The van der Waals surface area contributed by atoms with Crippen molar-refractivity contribution in [1.82, 2.24) is 15.2 Å². The van der Waals surface area contributed by atoms with Crippen LogP contribution in [0.4, 0.5) is 27.5 Å². The maximum absolute atomic E-state index is 13.2. The molecule has 3 rings (SSSR count). The number of Topliss-reactive ketones (excluding diaryl/α,β-unsaturated/α-hetero) is 1. The van der Waals surface area contributed by atoms with Gasteiger partial charge in [0.05, 0.1) is 6.20 Å². The van der Waals surface area contributed by atoms with Gasteiger partial charge < -0.3 is 10.6 Å². The summed E-state index contributed by atoms with van der Waals surface area (Å²) in [5.74, 6) is 0.300. The quantitative estimate of drug-likeness (QED) is 0.697. The molecule has 0 unspecified atom stereocenters. The van der Waals surface area contributed by atoms with E-state index in [1.807, 2.05) is 6.07 Å². The number of ketones is 1. The summed E-state index contributed by atoms with van der Waals surface area (Å²) in [6, 6.07) is 13.0. The summed E-state index contributed by atoms with van der Waals surface area (Å²) in [6.45, 7) is 1.51. The smallest absolute Gasteiger partial charge is 0.249 e. The van der Waals surface area contributed by atoms with E-state index in [-0.39, 0.29) is 17.5 Å². The van der Waals surface area contributed by atoms with Crippen LogP contribution in [0.25, 0.3) is 0 Å². The van der Waals surface area contributed by atoms with Crippen molar-refractivity contribution < 1.29 is 9.18 Å². The van der Waals surface area contributed by atoms with E-state index in [0.29, 0.717) is 22.8 Å². The molecule has 6 nitrogen and oxygen atoms in total. The highest BCUT2D eigenvalue weighted by Gasteiger charge is 2.04. The molecule has 0 saturated heterocycles. The first-order chi connectivity index (χ1) is 11.6. The van der Waals surface area contributed by atoms with Gasteiger partial charge in [0.1, 0.15) is 5.82 Å². The highest BCUT2D eigenvalue weighted by Crippen LogP contribution is 2.18. The zero-order valence-corrected chi connectivity index (χ0v) is 12.8. The van der Waals surface area contributed by atoms with Crippen LogP contribution in [0.5, 0.6) is 0 Å². The van der Waals surface area contributed by atoms with Gasteiger partial charge in [-0.05, 0) is 37.3 Å². The fourth-order valence-electron chi connectivity index (χ4n) is 2.08. The second-order valence-corrected chi connectivity index (χ2v) is 5.06. The van der Waals surface area contributed by atoms with Gasteiger partial charge in [-0.3, -0.25) is 4.79 Å². The minimum absolute atomic E-state index is 0.0204. The lowest BCUT2D eigenvalue weighted by molar-refractivity contribution is 0.101. The fourth-order valence-corrected chi connectivity index (χ4v) is 2.08. The second-order valence-electron chi connectivity index (χ2n) is 5.06. The molecule has 0 atom stereocenters. The molecule has 0 amide bonds. The van der Waals surface area contributed by atoms with Gasteiger partial charge >= 0.3 is 0 Å². The molecule has 0 radical (unpaired) electrons. The summed E-state index contributed by atoms with van der Waals surface area (Å²) in [7, 11) is 0. The number of hydrogen-bond acceptors (Lipinski definition) is 6. The summed E-state index contributed by atoms with van der Waals surface area (Å²) < 4.78 is 13.2. The van der Waals surface area contributed by atoms with Crippen molar-refractivity contribution >= 4 is 28.9 Å². The van der Waals surface area contributed by atoms with Crippen molar-refractivity contribution in [3.05, 3.63) is 66.1 Å². The van der Waals surface area contributed by atoms with Crippen molar-refractivity contribution in [3.8, 4) is 0 Å². The van der Waals surface area contributed by atoms with Crippen molar-refractivity contribution in [2.45, 2.75) is 6.92 Å².